The number of anilines is 2. The van der Waals surface area contributed by atoms with Crippen molar-refractivity contribution >= 4 is 34.6 Å². The first kappa shape index (κ1) is 20.5. The van der Waals surface area contributed by atoms with Gasteiger partial charge in [-0.05, 0) is 68.9 Å². The number of hydrogen-bond acceptors (Lipinski definition) is 4. The van der Waals surface area contributed by atoms with Gasteiger partial charge in [0.15, 0.2) is 5.11 Å². The molecule has 0 saturated carbocycles. The summed E-state index contributed by atoms with van der Waals surface area (Å²) in [5.74, 6) is 1.79. The third-order valence-corrected chi connectivity index (χ3v) is 5.69. The minimum atomic E-state index is -0.315. The number of nitrogens with zero attached hydrogens (tertiary/aromatic N) is 1. The maximum atomic E-state index is 12.0. The highest BCUT2D eigenvalue weighted by Gasteiger charge is 2.34. The number of benzene rings is 2. The SMILES string of the molecule is COc1ccc2c(c1)[C@@H](NC(=S)Nc1cccc(N3CCCC3=O)c1)CC(C)(C)O2. The summed E-state index contributed by atoms with van der Waals surface area (Å²) in [4.78, 5) is 13.9. The van der Waals surface area contributed by atoms with Gasteiger partial charge in [-0.15, -0.1) is 0 Å². The molecule has 2 heterocycles. The highest BCUT2D eigenvalue weighted by atomic mass is 32.1. The molecule has 0 radical (unpaired) electrons. The quantitative estimate of drug-likeness (QED) is 0.708. The monoisotopic (exact) mass is 425 g/mol. The van der Waals surface area contributed by atoms with E-state index in [4.69, 9.17) is 21.7 Å². The van der Waals surface area contributed by atoms with Gasteiger partial charge in [-0.25, -0.2) is 0 Å². The molecule has 0 aromatic heterocycles. The van der Waals surface area contributed by atoms with E-state index in [2.05, 4.69) is 24.5 Å². The highest BCUT2D eigenvalue weighted by molar-refractivity contribution is 7.80. The first-order valence-corrected chi connectivity index (χ1v) is 10.6. The third kappa shape index (κ3) is 4.36. The Balaban J connectivity index is 1.50. The van der Waals surface area contributed by atoms with Crippen LogP contribution in [0.1, 0.15) is 44.7 Å². The van der Waals surface area contributed by atoms with E-state index in [1.54, 1.807) is 7.11 Å². The molecule has 1 saturated heterocycles. The molecule has 0 spiro atoms. The van der Waals surface area contributed by atoms with Crippen LogP contribution in [-0.2, 0) is 4.79 Å². The standard InChI is InChI=1S/C23H27N3O3S/c1-23(2)14-19(18-13-17(28-3)9-10-20(18)29-23)25-22(30)24-15-6-4-7-16(12-15)26-11-5-8-21(26)27/h4,6-7,9-10,12-13,19H,5,8,11,14H2,1-3H3,(H2,24,25,30)/t19-/m0/s1. The number of carbonyl (C=O) groups is 1. The molecule has 0 unspecified atom stereocenters. The number of rotatable bonds is 4. The van der Waals surface area contributed by atoms with E-state index in [-0.39, 0.29) is 17.6 Å². The molecule has 2 aromatic carbocycles. The zero-order chi connectivity index (χ0) is 21.3. The topological polar surface area (TPSA) is 62.8 Å². The molecule has 4 rings (SSSR count). The second-order valence-electron chi connectivity index (χ2n) is 8.32. The number of amides is 1. The van der Waals surface area contributed by atoms with Crippen molar-refractivity contribution in [2.75, 3.05) is 23.9 Å². The number of fused-ring (bicyclic) bond motifs is 1. The molecule has 2 aliphatic rings. The summed E-state index contributed by atoms with van der Waals surface area (Å²) in [6.45, 7) is 4.91. The predicted octanol–water partition coefficient (Wildman–Crippen LogP) is 4.41. The highest BCUT2D eigenvalue weighted by Crippen LogP contribution is 2.41. The lowest BCUT2D eigenvalue weighted by Crippen LogP contribution is -2.42. The Kier molecular flexibility index (Phi) is 5.56. The maximum Gasteiger partial charge on any atom is 0.227 e. The van der Waals surface area contributed by atoms with Crippen molar-refractivity contribution in [3.8, 4) is 11.5 Å². The molecular weight excluding hydrogens is 398 g/mol. The lowest BCUT2D eigenvalue weighted by atomic mass is 9.89. The molecule has 30 heavy (non-hydrogen) atoms. The number of nitrogens with one attached hydrogen (secondary N) is 2. The molecule has 0 aliphatic carbocycles. The minimum Gasteiger partial charge on any atom is -0.497 e. The number of ether oxygens (including phenoxy) is 2. The summed E-state index contributed by atoms with van der Waals surface area (Å²) in [5, 5.41) is 7.22. The summed E-state index contributed by atoms with van der Waals surface area (Å²) in [6, 6.07) is 13.6. The van der Waals surface area contributed by atoms with Gasteiger partial charge in [-0.2, -0.15) is 0 Å². The van der Waals surface area contributed by atoms with E-state index in [0.29, 0.717) is 11.5 Å². The predicted molar refractivity (Wildman–Crippen MR) is 122 cm³/mol. The van der Waals surface area contributed by atoms with Crippen molar-refractivity contribution in [2.45, 2.75) is 44.8 Å². The summed E-state index contributed by atoms with van der Waals surface area (Å²) in [7, 11) is 1.65. The second kappa shape index (κ2) is 8.14. The fraction of sp³-hybridized carbons (Fsp3) is 0.391. The molecule has 6 nitrogen and oxygen atoms in total. The van der Waals surface area contributed by atoms with Crippen LogP contribution in [0.15, 0.2) is 42.5 Å². The molecule has 2 aliphatic heterocycles. The smallest absolute Gasteiger partial charge is 0.227 e. The van der Waals surface area contributed by atoms with Crippen molar-refractivity contribution in [3.05, 3.63) is 48.0 Å². The van der Waals surface area contributed by atoms with Gasteiger partial charge in [0.2, 0.25) is 5.91 Å². The second-order valence-corrected chi connectivity index (χ2v) is 8.73. The Bertz CT molecular complexity index is 976. The van der Waals surface area contributed by atoms with Crippen LogP contribution >= 0.6 is 12.2 Å². The van der Waals surface area contributed by atoms with Crippen molar-refractivity contribution in [1.29, 1.82) is 0 Å². The van der Waals surface area contributed by atoms with Crippen LogP contribution < -0.4 is 25.0 Å². The van der Waals surface area contributed by atoms with E-state index in [9.17, 15) is 4.79 Å². The summed E-state index contributed by atoms with van der Waals surface area (Å²) < 4.78 is 11.5. The Morgan fingerprint density at radius 1 is 1.27 bits per heavy atom. The fourth-order valence-corrected chi connectivity index (χ4v) is 4.35. The van der Waals surface area contributed by atoms with Gasteiger partial charge in [-0.1, -0.05) is 6.07 Å². The van der Waals surface area contributed by atoms with Crippen LogP contribution in [0.25, 0.3) is 0 Å². The van der Waals surface area contributed by atoms with Gasteiger partial charge in [0.25, 0.3) is 0 Å². The van der Waals surface area contributed by atoms with Crippen LogP contribution in [0.2, 0.25) is 0 Å². The van der Waals surface area contributed by atoms with Crippen LogP contribution in [0.4, 0.5) is 11.4 Å². The average molecular weight is 426 g/mol. The Morgan fingerprint density at radius 2 is 2.10 bits per heavy atom. The molecule has 2 N–H and O–H groups in total. The van der Waals surface area contributed by atoms with Crippen molar-refractivity contribution in [2.24, 2.45) is 0 Å². The number of hydrogen-bond donors (Lipinski definition) is 2. The Morgan fingerprint density at radius 3 is 2.83 bits per heavy atom. The molecule has 2 aromatic rings. The number of carbonyl (C=O) groups excluding carboxylic acids is 1. The van der Waals surface area contributed by atoms with E-state index >= 15 is 0 Å². The molecule has 1 fully saturated rings. The molecule has 1 atom stereocenters. The lowest BCUT2D eigenvalue weighted by molar-refractivity contribution is -0.117. The van der Waals surface area contributed by atoms with Crippen LogP contribution in [0, 0.1) is 0 Å². The summed E-state index contributed by atoms with van der Waals surface area (Å²) in [5.41, 5.74) is 2.45. The van der Waals surface area contributed by atoms with Crippen molar-refractivity contribution in [1.82, 2.24) is 5.32 Å². The van der Waals surface area contributed by atoms with Gasteiger partial charge in [-0.3, -0.25) is 4.79 Å². The number of methoxy groups -OCH3 is 1. The van der Waals surface area contributed by atoms with Crippen LogP contribution in [-0.4, -0.2) is 30.3 Å². The normalized spacial score (nSPS) is 19.6. The summed E-state index contributed by atoms with van der Waals surface area (Å²) >= 11 is 5.61. The minimum absolute atomic E-state index is 0.0119. The number of thiocarbonyl (C=S) groups is 1. The molecule has 1 amide bonds. The van der Waals surface area contributed by atoms with Crippen molar-refractivity contribution in [3.63, 3.8) is 0 Å². The average Bonchev–Trinajstić information content (AvgIpc) is 3.13. The first-order chi connectivity index (χ1) is 14.3. The molecule has 158 valence electrons. The van der Waals surface area contributed by atoms with E-state index in [0.717, 1.165) is 47.8 Å². The van der Waals surface area contributed by atoms with Crippen LogP contribution in [0.5, 0.6) is 11.5 Å². The van der Waals surface area contributed by atoms with Gasteiger partial charge < -0.3 is 25.0 Å². The third-order valence-electron chi connectivity index (χ3n) is 5.47. The van der Waals surface area contributed by atoms with E-state index in [1.807, 2.05) is 47.4 Å². The zero-order valence-corrected chi connectivity index (χ0v) is 18.3. The lowest BCUT2D eigenvalue weighted by Gasteiger charge is -2.38. The van der Waals surface area contributed by atoms with Gasteiger partial charge >= 0.3 is 0 Å². The van der Waals surface area contributed by atoms with E-state index < -0.39 is 0 Å². The molecule has 7 heteroatoms. The van der Waals surface area contributed by atoms with Crippen LogP contribution in [0.3, 0.4) is 0 Å². The largest absolute Gasteiger partial charge is 0.497 e. The summed E-state index contributed by atoms with van der Waals surface area (Å²) in [6.07, 6.45) is 2.27. The fourth-order valence-electron chi connectivity index (χ4n) is 4.09. The zero-order valence-electron chi connectivity index (χ0n) is 17.5. The Hall–Kier alpha value is -2.80. The van der Waals surface area contributed by atoms with E-state index in [1.165, 1.54) is 0 Å². The maximum absolute atomic E-state index is 12.0. The molecular formula is C23H27N3O3S. The molecule has 0 bridgehead atoms. The first-order valence-electron chi connectivity index (χ1n) is 10.2. The van der Waals surface area contributed by atoms with Gasteiger partial charge in [0, 0.05) is 36.3 Å². The van der Waals surface area contributed by atoms with Gasteiger partial charge in [0.1, 0.15) is 17.1 Å². The Labute approximate surface area is 182 Å². The van der Waals surface area contributed by atoms with Crippen molar-refractivity contribution < 1.29 is 14.3 Å². The van der Waals surface area contributed by atoms with Gasteiger partial charge in [0.05, 0.1) is 13.2 Å².